The Hall–Kier alpha value is -2.37. The molecule has 0 aliphatic carbocycles. The van der Waals surface area contributed by atoms with E-state index in [1.807, 2.05) is 24.3 Å². The zero-order valence-electron chi connectivity index (χ0n) is 13.9. The molecule has 1 aliphatic heterocycles. The molecule has 0 spiro atoms. The lowest BCUT2D eigenvalue weighted by atomic mass is 10.1. The van der Waals surface area contributed by atoms with Crippen molar-refractivity contribution in [2.75, 3.05) is 18.6 Å². The van der Waals surface area contributed by atoms with Crippen LogP contribution in [0.2, 0.25) is 5.02 Å². The topological polar surface area (TPSA) is 58.6 Å². The Morgan fingerprint density at radius 2 is 1.80 bits per heavy atom. The van der Waals surface area contributed by atoms with Gasteiger partial charge in [0.15, 0.2) is 0 Å². The van der Waals surface area contributed by atoms with Crippen LogP contribution < -0.4 is 15.0 Å². The second-order valence-electron chi connectivity index (χ2n) is 5.85. The summed E-state index contributed by atoms with van der Waals surface area (Å²) in [6.07, 6.45) is 0.937. The lowest BCUT2D eigenvalue weighted by Gasteiger charge is -2.15. The van der Waals surface area contributed by atoms with Gasteiger partial charge in [0.05, 0.1) is 25.3 Å². The van der Waals surface area contributed by atoms with E-state index < -0.39 is 6.04 Å². The molecule has 0 saturated carbocycles. The predicted molar refractivity (Wildman–Crippen MR) is 97.1 cm³/mol. The van der Waals surface area contributed by atoms with Gasteiger partial charge in [0.2, 0.25) is 5.91 Å². The van der Waals surface area contributed by atoms with Crippen molar-refractivity contribution in [3.05, 3.63) is 59.1 Å². The van der Waals surface area contributed by atoms with E-state index >= 15 is 0 Å². The van der Waals surface area contributed by atoms with E-state index in [1.165, 1.54) is 4.90 Å². The molecular weight excluding hydrogens is 340 g/mol. The lowest BCUT2D eigenvalue weighted by molar-refractivity contribution is -0.121. The van der Waals surface area contributed by atoms with Gasteiger partial charge >= 0.3 is 0 Å². The van der Waals surface area contributed by atoms with E-state index in [2.05, 4.69) is 5.32 Å². The van der Waals surface area contributed by atoms with E-state index in [0.717, 1.165) is 17.7 Å². The van der Waals surface area contributed by atoms with Gasteiger partial charge < -0.3 is 10.1 Å². The quantitative estimate of drug-likeness (QED) is 0.807. The number of ether oxygens (including phenoxy) is 1. The van der Waals surface area contributed by atoms with Gasteiger partial charge in [-0.2, -0.15) is 0 Å². The van der Waals surface area contributed by atoms with E-state index in [4.69, 9.17) is 16.3 Å². The van der Waals surface area contributed by atoms with Crippen molar-refractivity contribution in [1.82, 2.24) is 5.32 Å². The summed E-state index contributed by atoms with van der Waals surface area (Å²) in [5.74, 6) is 0.392. The first-order valence-corrected chi connectivity index (χ1v) is 8.45. The number of benzene rings is 2. The van der Waals surface area contributed by atoms with Gasteiger partial charge in [-0.05, 0) is 54.9 Å². The Balaban J connectivity index is 1.57. The molecule has 3 rings (SSSR count). The standard InChI is InChI=1S/C19H19ClN2O3/c1-25-16-8-2-13(3-9-16)10-11-21-17-12-18(23)22(19(17)24)15-6-4-14(20)5-7-15/h2-9,17,21H,10-12H2,1H3/t17-/m1/s1. The lowest BCUT2D eigenvalue weighted by Crippen LogP contribution is -2.39. The maximum atomic E-state index is 12.5. The highest BCUT2D eigenvalue weighted by Crippen LogP contribution is 2.24. The van der Waals surface area contributed by atoms with Crippen LogP contribution in [0.25, 0.3) is 0 Å². The second kappa shape index (κ2) is 7.68. The zero-order chi connectivity index (χ0) is 17.8. The van der Waals surface area contributed by atoms with Gasteiger partial charge in [0.25, 0.3) is 5.91 Å². The van der Waals surface area contributed by atoms with Crippen molar-refractivity contribution in [1.29, 1.82) is 0 Å². The second-order valence-corrected chi connectivity index (χ2v) is 6.29. The van der Waals surface area contributed by atoms with Crippen molar-refractivity contribution in [2.24, 2.45) is 0 Å². The van der Waals surface area contributed by atoms with Crippen LogP contribution in [-0.2, 0) is 16.0 Å². The van der Waals surface area contributed by atoms with Crippen LogP contribution in [0.15, 0.2) is 48.5 Å². The van der Waals surface area contributed by atoms with Gasteiger partial charge in [-0.3, -0.25) is 9.59 Å². The van der Waals surface area contributed by atoms with Crippen LogP contribution in [0, 0.1) is 0 Å². The molecule has 5 nitrogen and oxygen atoms in total. The third-order valence-electron chi connectivity index (χ3n) is 4.19. The third-order valence-corrected chi connectivity index (χ3v) is 4.45. The van der Waals surface area contributed by atoms with Crippen molar-refractivity contribution >= 4 is 29.1 Å². The number of carbonyl (C=O) groups is 2. The highest BCUT2D eigenvalue weighted by molar-refractivity contribution is 6.30. The first-order chi connectivity index (χ1) is 12.1. The average molecular weight is 359 g/mol. The summed E-state index contributed by atoms with van der Waals surface area (Å²) in [7, 11) is 1.63. The minimum atomic E-state index is -0.485. The van der Waals surface area contributed by atoms with Gasteiger partial charge in [-0.1, -0.05) is 23.7 Å². The smallest absolute Gasteiger partial charge is 0.251 e. The number of nitrogens with zero attached hydrogens (tertiary/aromatic N) is 1. The molecule has 1 heterocycles. The van der Waals surface area contributed by atoms with E-state index in [1.54, 1.807) is 31.4 Å². The van der Waals surface area contributed by atoms with Crippen molar-refractivity contribution in [3.8, 4) is 5.75 Å². The number of hydrogen-bond donors (Lipinski definition) is 1. The molecule has 2 aromatic carbocycles. The fourth-order valence-corrected chi connectivity index (χ4v) is 2.96. The fraction of sp³-hybridized carbons (Fsp3) is 0.263. The first-order valence-electron chi connectivity index (χ1n) is 8.07. The number of imide groups is 1. The van der Waals surface area contributed by atoms with E-state index in [9.17, 15) is 9.59 Å². The molecule has 130 valence electrons. The molecule has 1 saturated heterocycles. The van der Waals surface area contributed by atoms with Crippen LogP contribution in [0.4, 0.5) is 5.69 Å². The van der Waals surface area contributed by atoms with Gasteiger partial charge in [0, 0.05) is 5.02 Å². The molecule has 25 heavy (non-hydrogen) atoms. The summed E-state index contributed by atoms with van der Waals surface area (Å²) >= 11 is 5.86. The maximum Gasteiger partial charge on any atom is 0.251 e. The van der Waals surface area contributed by atoms with Crippen molar-refractivity contribution < 1.29 is 14.3 Å². The number of hydrogen-bond acceptors (Lipinski definition) is 4. The molecule has 1 atom stereocenters. The molecule has 2 aromatic rings. The highest BCUT2D eigenvalue weighted by atomic mass is 35.5. The molecule has 1 fully saturated rings. The molecule has 2 amide bonds. The minimum Gasteiger partial charge on any atom is -0.497 e. The highest BCUT2D eigenvalue weighted by Gasteiger charge is 2.39. The summed E-state index contributed by atoms with van der Waals surface area (Å²) < 4.78 is 5.13. The molecule has 1 aliphatic rings. The zero-order valence-corrected chi connectivity index (χ0v) is 14.6. The number of methoxy groups -OCH3 is 1. The van der Waals surface area contributed by atoms with Crippen LogP contribution >= 0.6 is 11.6 Å². The Morgan fingerprint density at radius 1 is 1.12 bits per heavy atom. The average Bonchev–Trinajstić information content (AvgIpc) is 2.90. The summed E-state index contributed by atoms with van der Waals surface area (Å²) in [5.41, 5.74) is 1.69. The first kappa shape index (κ1) is 17.5. The Kier molecular flexibility index (Phi) is 5.36. The maximum absolute atomic E-state index is 12.5. The summed E-state index contributed by atoms with van der Waals surface area (Å²) in [5, 5.41) is 3.75. The molecule has 0 unspecified atom stereocenters. The number of halogens is 1. The molecule has 0 aromatic heterocycles. The number of amides is 2. The van der Waals surface area contributed by atoms with Crippen molar-refractivity contribution in [2.45, 2.75) is 18.9 Å². The van der Waals surface area contributed by atoms with Gasteiger partial charge in [-0.15, -0.1) is 0 Å². The molecular formula is C19H19ClN2O3. The molecule has 0 radical (unpaired) electrons. The van der Waals surface area contributed by atoms with E-state index in [-0.39, 0.29) is 18.2 Å². The number of carbonyl (C=O) groups excluding carboxylic acids is 2. The number of anilines is 1. The normalized spacial score (nSPS) is 17.2. The fourth-order valence-electron chi connectivity index (χ4n) is 2.84. The Bertz CT molecular complexity index is 759. The third kappa shape index (κ3) is 4.00. The van der Waals surface area contributed by atoms with Gasteiger partial charge in [0.1, 0.15) is 5.75 Å². The number of nitrogens with one attached hydrogen (secondary N) is 1. The SMILES string of the molecule is COc1ccc(CCN[C@@H]2CC(=O)N(c3ccc(Cl)cc3)C2=O)cc1. The Labute approximate surface area is 151 Å². The van der Waals surface area contributed by atoms with Crippen LogP contribution in [0.1, 0.15) is 12.0 Å². The van der Waals surface area contributed by atoms with Crippen LogP contribution in [-0.4, -0.2) is 31.5 Å². The minimum absolute atomic E-state index is 0.171. The summed E-state index contributed by atoms with van der Waals surface area (Å²) in [4.78, 5) is 25.9. The largest absolute Gasteiger partial charge is 0.497 e. The Morgan fingerprint density at radius 3 is 2.44 bits per heavy atom. The monoisotopic (exact) mass is 358 g/mol. The molecule has 6 heteroatoms. The molecule has 0 bridgehead atoms. The predicted octanol–water partition coefficient (Wildman–Crippen LogP) is 2.81. The van der Waals surface area contributed by atoms with E-state index in [0.29, 0.717) is 17.3 Å². The summed E-state index contributed by atoms with van der Waals surface area (Å²) in [6, 6.07) is 14.0. The molecule has 1 N–H and O–H groups in total. The van der Waals surface area contributed by atoms with Crippen LogP contribution in [0.5, 0.6) is 5.75 Å². The van der Waals surface area contributed by atoms with Gasteiger partial charge in [-0.25, -0.2) is 4.90 Å². The van der Waals surface area contributed by atoms with Crippen LogP contribution in [0.3, 0.4) is 0 Å². The van der Waals surface area contributed by atoms with Crippen molar-refractivity contribution in [3.63, 3.8) is 0 Å². The number of rotatable bonds is 6. The summed E-state index contributed by atoms with van der Waals surface area (Å²) in [6.45, 7) is 0.616.